The summed E-state index contributed by atoms with van der Waals surface area (Å²) in [6.07, 6.45) is 7.99. The predicted octanol–water partition coefficient (Wildman–Crippen LogP) is 8.86. The summed E-state index contributed by atoms with van der Waals surface area (Å²) in [6, 6.07) is 7.46. The molecule has 0 saturated heterocycles. The first-order valence-corrected chi connectivity index (χ1v) is 16.3. The van der Waals surface area contributed by atoms with Crippen molar-refractivity contribution in [3.8, 4) is 59.0 Å². The lowest BCUT2D eigenvalue weighted by Gasteiger charge is -2.38. The van der Waals surface area contributed by atoms with Crippen molar-refractivity contribution in [2.45, 2.75) is 37.7 Å². The van der Waals surface area contributed by atoms with Gasteiger partial charge in [-0.25, -0.2) is 30.2 Å². The van der Waals surface area contributed by atoms with Crippen molar-refractivity contribution in [1.82, 2.24) is 9.97 Å². The Morgan fingerprint density at radius 1 is 0.837 bits per heavy atom. The fraction of sp³-hybridized carbons (Fsp3) is 0.267. The molecular weight excluding hydrogens is 621 g/mol. The quantitative estimate of drug-likeness (QED) is 0.153. The lowest BCUT2D eigenvalue weighted by Crippen LogP contribution is -2.38. The van der Waals surface area contributed by atoms with Crippen molar-refractivity contribution in [3.63, 3.8) is 0 Å². The van der Waals surface area contributed by atoms with Crippen LogP contribution in [0.15, 0.2) is 23.5 Å². The summed E-state index contributed by atoms with van der Waals surface area (Å²) in [5.74, 6) is 1.82. The van der Waals surface area contributed by atoms with Crippen LogP contribution in [0.1, 0.15) is 47.6 Å². The molecule has 0 radical (unpaired) electrons. The fourth-order valence-corrected chi connectivity index (χ4v) is 9.73. The lowest BCUT2D eigenvalue weighted by molar-refractivity contribution is 0.0170. The van der Waals surface area contributed by atoms with Gasteiger partial charge in [0.25, 0.3) is 11.4 Å². The predicted molar refractivity (Wildman–Crippen MR) is 169 cm³/mol. The Labute approximate surface area is 263 Å². The van der Waals surface area contributed by atoms with E-state index in [1.165, 1.54) is 34.0 Å². The van der Waals surface area contributed by atoms with Crippen molar-refractivity contribution in [3.05, 3.63) is 61.8 Å². The van der Waals surface area contributed by atoms with Crippen LogP contribution in [0, 0.1) is 35.8 Å². The largest absolute Gasteiger partial charge is 0.495 e. The molecule has 0 aromatic carbocycles. The van der Waals surface area contributed by atoms with Crippen LogP contribution in [0.5, 0.6) is 17.4 Å². The van der Waals surface area contributed by atoms with Gasteiger partial charge in [-0.2, -0.15) is 0 Å². The molecule has 1 aliphatic carbocycles. The minimum Gasteiger partial charge on any atom is -0.495 e. The van der Waals surface area contributed by atoms with Gasteiger partial charge >= 0.3 is 0 Å². The Balaban J connectivity index is 1.48. The third-order valence-electron chi connectivity index (χ3n) is 7.10. The minimum atomic E-state index is -0.573. The minimum absolute atomic E-state index is 0.00104. The van der Waals surface area contributed by atoms with Crippen molar-refractivity contribution < 1.29 is 14.2 Å². The average Bonchev–Trinajstić information content (AvgIpc) is 3.83. The summed E-state index contributed by atoms with van der Waals surface area (Å²) in [6.45, 7) is 14.4. The van der Waals surface area contributed by atoms with Crippen molar-refractivity contribution >= 4 is 57.5 Å². The number of thiophene rings is 2. The summed E-state index contributed by atoms with van der Waals surface area (Å²) in [4.78, 5) is 21.7. The number of hydrogen-bond acceptors (Lipinski definition) is 11. The van der Waals surface area contributed by atoms with Crippen molar-refractivity contribution in [1.29, 1.82) is 10.5 Å². The number of rotatable bonds is 6. The topological polar surface area (TPSA) is 110 Å². The second-order valence-corrected chi connectivity index (χ2v) is 13.8. The van der Waals surface area contributed by atoms with Crippen LogP contribution in [0.2, 0.25) is 0 Å². The molecule has 0 atom stereocenters. The summed E-state index contributed by atoms with van der Waals surface area (Å²) in [5, 5.41) is 20.0. The fourth-order valence-electron chi connectivity index (χ4n) is 5.17. The molecule has 4 aromatic rings. The normalized spacial score (nSPS) is 15.3. The van der Waals surface area contributed by atoms with E-state index in [9.17, 15) is 10.5 Å². The first kappa shape index (κ1) is 28.6. The molecule has 0 bridgehead atoms. The Hall–Kier alpha value is -4.50. The van der Waals surface area contributed by atoms with E-state index in [1.54, 1.807) is 37.7 Å². The standard InChI is InChI=1S/C30H20N6O3S4/c1-33-16(14-31)10-18-12-20(37-3)22(40-18)28-35-26-24(42-28)25-27(39-30(26)8-6-5-7-9-30)36-29(43-25)23-21(38-4)13-19(41-23)11-17(15-32)34-2/h10-13H,5-9H2,3-4H3/b16-10+,17-11-. The highest BCUT2D eigenvalue weighted by Crippen LogP contribution is 2.58. The summed E-state index contributed by atoms with van der Waals surface area (Å²) in [5.41, 5.74) is 0.347. The van der Waals surface area contributed by atoms with E-state index in [0.29, 0.717) is 17.4 Å². The third kappa shape index (κ3) is 5.07. The third-order valence-corrected chi connectivity index (χ3v) is 11.8. The first-order chi connectivity index (χ1) is 20.9. The maximum absolute atomic E-state index is 9.24. The SMILES string of the molecule is [C-]#[N+]/C(C#N)=C\c1cc(OC)c(-c2nc3c(s2)-c2sc(-c4sc(/C=C(\C#N)[N+]#[C-])cc4OC)nc2C2(CCCCC2)O3)s1. The number of methoxy groups -OCH3 is 2. The van der Waals surface area contributed by atoms with E-state index in [0.717, 1.165) is 77.1 Å². The van der Waals surface area contributed by atoms with Gasteiger partial charge in [-0.1, -0.05) is 6.42 Å². The van der Waals surface area contributed by atoms with Crippen LogP contribution in [0.4, 0.5) is 0 Å². The molecule has 0 N–H and O–H groups in total. The molecule has 2 aliphatic rings. The molecule has 212 valence electrons. The molecule has 43 heavy (non-hydrogen) atoms. The maximum atomic E-state index is 9.24. The van der Waals surface area contributed by atoms with Crippen LogP contribution < -0.4 is 14.2 Å². The second kappa shape index (κ2) is 11.6. The zero-order chi connectivity index (χ0) is 30.1. The number of fused-ring (bicyclic) bond motifs is 4. The monoisotopic (exact) mass is 640 g/mol. The highest BCUT2D eigenvalue weighted by atomic mass is 32.1. The Morgan fingerprint density at radius 2 is 1.37 bits per heavy atom. The van der Waals surface area contributed by atoms with E-state index < -0.39 is 5.60 Å². The molecule has 0 unspecified atom stereocenters. The van der Waals surface area contributed by atoms with Gasteiger partial charge in [0.05, 0.1) is 44.4 Å². The molecule has 4 aromatic heterocycles. The van der Waals surface area contributed by atoms with Crippen LogP contribution >= 0.6 is 45.3 Å². The molecule has 13 heteroatoms. The van der Waals surface area contributed by atoms with Crippen molar-refractivity contribution in [2.24, 2.45) is 0 Å². The molecule has 1 fully saturated rings. The van der Waals surface area contributed by atoms with E-state index in [1.807, 2.05) is 24.3 Å². The van der Waals surface area contributed by atoms with Gasteiger partial charge in [0, 0.05) is 9.75 Å². The molecular formula is C30H20N6O3S4. The molecule has 9 nitrogen and oxygen atoms in total. The molecule has 1 aliphatic heterocycles. The van der Waals surface area contributed by atoms with Crippen molar-refractivity contribution in [2.75, 3.05) is 14.2 Å². The number of nitrogens with zero attached hydrogens (tertiary/aromatic N) is 6. The zero-order valence-corrected chi connectivity index (χ0v) is 26.2. The van der Waals surface area contributed by atoms with Gasteiger partial charge in [-0.05, 0) is 50.0 Å². The van der Waals surface area contributed by atoms with Crippen LogP contribution in [-0.4, -0.2) is 24.2 Å². The number of ether oxygens (including phenoxy) is 3. The van der Waals surface area contributed by atoms with Crippen LogP contribution in [0.3, 0.4) is 0 Å². The lowest BCUT2D eigenvalue weighted by atomic mass is 9.80. The average molecular weight is 641 g/mol. The smallest absolute Gasteiger partial charge is 0.263 e. The number of aromatic nitrogens is 2. The van der Waals surface area contributed by atoms with Gasteiger partial charge in [0.15, 0.2) is 5.60 Å². The van der Waals surface area contributed by atoms with E-state index in [4.69, 9.17) is 37.3 Å². The van der Waals surface area contributed by atoms with Gasteiger partial charge < -0.3 is 14.2 Å². The number of thiazole rings is 2. The van der Waals surface area contributed by atoms with E-state index >= 15 is 0 Å². The van der Waals surface area contributed by atoms with E-state index in [-0.39, 0.29) is 11.4 Å². The maximum Gasteiger partial charge on any atom is 0.263 e. The highest BCUT2D eigenvalue weighted by molar-refractivity contribution is 7.28. The number of nitriles is 2. The van der Waals surface area contributed by atoms with E-state index in [2.05, 4.69) is 9.69 Å². The summed E-state index contributed by atoms with van der Waals surface area (Å²) in [7, 11) is 3.19. The molecule has 1 spiro atoms. The van der Waals surface area contributed by atoms with Gasteiger partial charge in [-0.15, -0.1) is 45.3 Å². The highest BCUT2D eigenvalue weighted by Gasteiger charge is 2.46. The number of allylic oxidation sites excluding steroid dienone is 2. The summed E-state index contributed by atoms with van der Waals surface area (Å²) >= 11 is 5.90. The second-order valence-electron chi connectivity index (χ2n) is 9.61. The Kier molecular flexibility index (Phi) is 7.75. The molecule has 0 amide bonds. The van der Waals surface area contributed by atoms with Gasteiger partial charge in [0.1, 0.15) is 41.8 Å². The Bertz CT molecular complexity index is 1940. The van der Waals surface area contributed by atoms with Crippen LogP contribution in [0.25, 0.3) is 51.4 Å². The molecule has 6 rings (SSSR count). The molecule has 1 saturated carbocycles. The zero-order valence-electron chi connectivity index (χ0n) is 22.9. The molecule has 5 heterocycles. The first-order valence-electron chi connectivity index (χ1n) is 13.0. The number of hydrogen-bond donors (Lipinski definition) is 0. The van der Waals surface area contributed by atoms with Crippen LogP contribution in [-0.2, 0) is 5.60 Å². The summed E-state index contributed by atoms with van der Waals surface area (Å²) < 4.78 is 18.1. The van der Waals surface area contributed by atoms with Gasteiger partial charge in [-0.3, -0.25) is 0 Å². The Morgan fingerprint density at radius 3 is 1.88 bits per heavy atom. The van der Waals surface area contributed by atoms with Gasteiger partial charge in [0.2, 0.25) is 5.88 Å².